The minimum absolute atomic E-state index is 0.134. The number of aromatic nitrogens is 2. The second-order valence-electron chi connectivity index (χ2n) is 4.64. The van der Waals surface area contributed by atoms with E-state index in [0.717, 1.165) is 22.3 Å². The predicted octanol–water partition coefficient (Wildman–Crippen LogP) is 3.39. The predicted molar refractivity (Wildman–Crippen MR) is 88.6 cm³/mol. The van der Waals surface area contributed by atoms with E-state index in [9.17, 15) is 4.79 Å². The van der Waals surface area contributed by atoms with E-state index in [0.29, 0.717) is 18.1 Å². The zero-order valence-corrected chi connectivity index (χ0v) is 14.4. The van der Waals surface area contributed by atoms with Crippen LogP contribution in [0.3, 0.4) is 0 Å². The van der Waals surface area contributed by atoms with Crippen molar-refractivity contribution in [3.05, 3.63) is 38.9 Å². The van der Waals surface area contributed by atoms with Crippen molar-refractivity contribution < 1.29 is 4.79 Å². The third-order valence-corrected chi connectivity index (χ3v) is 4.35. The van der Waals surface area contributed by atoms with Crippen LogP contribution < -0.4 is 5.32 Å². The van der Waals surface area contributed by atoms with Crippen LogP contribution in [-0.2, 0) is 6.54 Å². The van der Waals surface area contributed by atoms with E-state index >= 15 is 0 Å². The standard InChI is InChI=1S/C14H17BrN4OS/c1-3-4-17-13-7-16-6-11(18-13)14(20)19(2)8-10-5-12(15)21-9-10/h5-7,9H,3-4,8H2,1-2H3,(H,17,18). The van der Waals surface area contributed by atoms with Crippen LogP contribution in [0.2, 0.25) is 0 Å². The van der Waals surface area contributed by atoms with Gasteiger partial charge in [-0.2, -0.15) is 0 Å². The molecule has 0 saturated carbocycles. The van der Waals surface area contributed by atoms with Crippen LogP contribution in [0.4, 0.5) is 5.82 Å². The number of rotatable bonds is 6. The molecule has 0 aromatic carbocycles. The Balaban J connectivity index is 2.04. The lowest BCUT2D eigenvalue weighted by Crippen LogP contribution is -2.27. The number of nitrogens with zero attached hydrogens (tertiary/aromatic N) is 3. The lowest BCUT2D eigenvalue weighted by atomic mass is 10.3. The van der Waals surface area contributed by atoms with E-state index < -0.39 is 0 Å². The van der Waals surface area contributed by atoms with Gasteiger partial charge in [-0.15, -0.1) is 11.3 Å². The summed E-state index contributed by atoms with van der Waals surface area (Å²) in [5, 5.41) is 5.16. The highest BCUT2D eigenvalue weighted by molar-refractivity contribution is 9.11. The second kappa shape index (κ2) is 7.51. The maximum Gasteiger partial charge on any atom is 0.274 e. The molecule has 2 aromatic rings. The zero-order chi connectivity index (χ0) is 15.2. The summed E-state index contributed by atoms with van der Waals surface area (Å²) in [6.45, 7) is 3.43. The van der Waals surface area contributed by atoms with Crippen molar-refractivity contribution in [3.8, 4) is 0 Å². The van der Waals surface area contributed by atoms with Crippen molar-refractivity contribution >= 4 is 39.0 Å². The molecule has 5 nitrogen and oxygen atoms in total. The van der Waals surface area contributed by atoms with Gasteiger partial charge in [0.1, 0.15) is 11.5 Å². The van der Waals surface area contributed by atoms with Gasteiger partial charge in [0.2, 0.25) is 0 Å². The number of nitrogens with one attached hydrogen (secondary N) is 1. The number of anilines is 1. The highest BCUT2D eigenvalue weighted by Gasteiger charge is 2.15. The molecule has 2 heterocycles. The summed E-state index contributed by atoms with van der Waals surface area (Å²) in [7, 11) is 1.77. The summed E-state index contributed by atoms with van der Waals surface area (Å²) in [6, 6.07) is 2.01. The van der Waals surface area contributed by atoms with Crippen LogP contribution in [-0.4, -0.2) is 34.4 Å². The van der Waals surface area contributed by atoms with E-state index in [-0.39, 0.29) is 5.91 Å². The normalized spacial score (nSPS) is 10.4. The molecule has 2 aromatic heterocycles. The number of halogens is 1. The number of hydrogen-bond donors (Lipinski definition) is 1. The molecule has 0 fully saturated rings. The Morgan fingerprint density at radius 2 is 2.29 bits per heavy atom. The quantitative estimate of drug-likeness (QED) is 0.848. The number of amides is 1. The van der Waals surface area contributed by atoms with E-state index in [1.807, 2.05) is 11.4 Å². The fraction of sp³-hybridized carbons (Fsp3) is 0.357. The maximum absolute atomic E-state index is 12.4. The number of thiophene rings is 1. The first kappa shape index (κ1) is 15.9. The molecule has 2 rings (SSSR count). The Bertz CT molecular complexity index is 617. The molecule has 0 atom stereocenters. The third-order valence-electron chi connectivity index (χ3n) is 2.80. The lowest BCUT2D eigenvalue weighted by Gasteiger charge is -2.16. The molecule has 0 unspecified atom stereocenters. The topological polar surface area (TPSA) is 58.1 Å². The third kappa shape index (κ3) is 4.50. The summed E-state index contributed by atoms with van der Waals surface area (Å²) in [4.78, 5) is 22.4. The maximum atomic E-state index is 12.4. The van der Waals surface area contributed by atoms with Crippen molar-refractivity contribution in [2.45, 2.75) is 19.9 Å². The molecule has 0 spiro atoms. The van der Waals surface area contributed by atoms with Crippen LogP contribution in [0.5, 0.6) is 0 Å². The van der Waals surface area contributed by atoms with Gasteiger partial charge in [-0.1, -0.05) is 6.92 Å². The minimum atomic E-state index is -0.134. The van der Waals surface area contributed by atoms with Gasteiger partial charge in [-0.25, -0.2) is 4.98 Å². The second-order valence-corrected chi connectivity index (χ2v) is 6.93. The molecule has 0 aliphatic carbocycles. The monoisotopic (exact) mass is 368 g/mol. The van der Waals surface area contributed by atoms with Crippen LogP contribution in [0.1, 0.15) is 29.4 Å². The molecular formula is C14H17BrN4OS. The highest BCUT2D eigenvalue weighted by atomic mass is 79.9. The molecule has 0 aliphatic rings. The van der Waals surface area contributed by atoms with Crippen LogP contribution in [0.25, 0.3) is 0 Å². The van der Waals surface area contributed by atoms with Crippen LogP contribution in [0, 0.1) is 0 Å². The molecule has 1 amide bonds. The van der Waals surface area contributed by atoms with Crippen molar-refractivity contribution in [3.63, 3.8) is 0 Å². The van der Waals surface area contributed by atoms with Gasteiger partial charge >= 0.3 is 0 Å². The average molecular weight is 369 g/mol. The Labute approximate surface area is 136 Å². The first-order valence-corrected chi connectivity index (χ1v) is 8.31. The Morgan fingerprint density at radius 3 is 2.95 bits per heavy atom. The van der Waals surface area contributed by atoms with Crippen molar-refractivity contribution in [2.24, 2.45) is 0 Å². The fourth-order valence-corrected chi connectivity index (χ4v) is 2.98. The summed E-state index contributed by atoms with van der Waals surface area (Å²) >= 11 is 5.03. The molecule has 0 saturated heterocycles. The molecule has 1 N–H and O–H groups in total. The fourth-order valence-electron chi connectivity index (χ4n) is 1.78. The number of carbonyl (C=O) groups excluding carboxylic acids is 1. The van der Waals surface area contributed by atoms with Gasteiger partial charge in [-0.05, 0) is 39.4 Å². The molecule has 0 radical (unpaired) electrons. The Hall–Kier alpha value is -1.47. The summed E-state index contributed by atoms with van der Waals surface area (Å²) in [5.74, 6) is 0.499. The Morgan fingerprint density at radius 1 is 1.48 bits per heavy atom. The average Bonchev–Trinajstić information content (AvgIpc) is 2.89. The SMILES string of the molecule is CCCNc1cncc(C(=O)N(C)Cc2csc(Br)c2)n1. The van der Waals surface area contributed by atoms with Gasteiger partial charge in [-0.3, -0.25) is 9.78 Å². The van der Waals surface area contributed by atoms with Gasteiger partial charge in [0.25, 0.3) is 5.91 Å². The van der Waals surface area contributed by atoms with E-state index in [1.54, 1.807) is 29.5 Å². The smallest absolute Gasteiger partial charge is 0.274 e. The molecular weight excluding hydrogens is 352 g/mol. The molecule has 7 heteroatoms. The van der Waals surface area contributed by atoms with E-state index in [1.165, 1.54) is 6.20 Å². The molecule has 21 heavy (non-hydrogen) atoms. The molecule has 0 aliphatic heterocycles. The molecule has 112 valence electrons. The first-order chi connectivity index (χ1) is 10.1. The van der Waals surface area contributed by atoms with Crippen LogP contribution >= 0.6 is 27.3 Å². The van der Waals surface area contributed by atoms with Gasteiger partial charge in [0, 0.05) is 20.1 Å². The largest absolute Gasteiger partial charge is 0.369 e. The van der Waals surface area contributed by atoms with E-state index in [4.69, 9.17) is 0 Å². The van der Waals surface area contributed by atoms with Crippen LogP contribution in [0.15, 0.2) is 27.6 Å². The summed E-state index contributed by atoms with van der Waals surface area (Å²) in [6.07, 6.45) is 4.12. The Kier molecular flexibility index (Phi) is 5.69. The zero-order valence-electron chi connectivity index (χ0n) is 12.0. The van der Waals surface area contributed by atoms with Gasteiger partial charge in [0.15, 0.2) is 0 Å². The lowest BCUT2D eigenvalue weighted by molar-refractivity contribution is 0.0779. The van der Waals surface area contributed by atoms with Gasteiger partial charge < -0.3 is 10.2 Å². The van der Waals surface area contributed by atoms with Gasteiger partial charge in [0.05, 0.1) is 16.2 Å². The van der Waals surface area contributed by atoms with Crippen molar-refractivity contribution in [2.75, 3.05) is 18.9 Å². The summed E-state index contributed by atoms with van der Waals surface area (Å²) < 4.78 is 1.06. The van der Waals surface area contributed by atoms with Crippen molar-refractivity contribution in [1.29, 1.82) is 0 Å². The van der Waals surface area contributed by atoms with Crippen molar-refractivity contribution in [1.82, 2.24) is 14.9 Å². The number of carbonyl (C=O) groups is 1. The number of hydrogen-bond acceptors (Lipinski definition) is 5. The summed E-state index contributed by atoms with van der Waals surface area (Å²) in [5.41, 5.74) is 1.45. The minimum Gasteiger partial charge on any atom is -0.369 e. The van der Waals surface area contributed by atoms with E-state index in [2.05, 4.69) is 38.1 Å². The molecule has 0 bridgehead atoms. The highest BCUT2D eigenvalue weighted by Crippen LogP contribution is 2.21. The first-order valence-electron chi connectivity index (χ1n) is 6.64.